The molecule has 2 N–H and O–H groups in total. The van der Waals surface area contributed by atoms with Gasteiger partial charge in [-0.25, -0.2) is 9.37 Å². The standard InChI is InChI=1S/C20H21FN4O/c1-3-26-17-10-8-16(9-11-17)24-19-12-14(2)23-20(25-19)22-13-15-6-4-5-7-18(15)21/h4-12H,3,13H2,1-2H3,(H2,22,23,24,25). The Balaban J connectivity index is 1.70. The number of hydrogen-bond acceptors (Lipinski definition) is 5. The zero-order valence-corrected chi connectivity index (χ0v) is 14.8. The highest BCUT2D eigenvalue weighted by Crippen LogP contribution is 2.20. The molecule has 0 fully saturated rings. The molecule has 0 aliphatic rings. The predicted molar refractivity (Wildman–Crippen MR) is 101 cm³/mol. The highest BCUT2D eigenvalue weighted by atomic mass is 19.1. The fraction of sp³-hybridized carbons (Fsp3) is 0.200. The van der Waals surface area contributed by atoms with E-state index in [1.54, 1.807) is 18.2 Å². The number of aromatic nitrogens is 2. The molecule has 3 aromatic rings. The van der Waals surface area contributed by atoms with Crippen molar-refractivity contribution < 1.29 is 9.13 Å². The van der Waals surface area contributed by atoms with E-state index < -0.39 is 0 Å². The molecule has 1 heterocycles. The van der Waals surface area contributed by atoms with Gasteiger partial charge in [-0.1, -0.05) is 18.2 Å². The molecule has 0 aliphatic carbocycles. The van der Waals surface area contributed by atoms with Crippen LogP contribution in [0.3, 0.4) is 0 Å². The fourth-order valence-corrected chi connectivity index (χ4v) is 2.48. The van der Waals surface area contributed by atoms with Gasteiger partial charge in [0.1, 0.15) is 17.4 Å². The van der Waals surface area contributed by atoms with E-state index in [1.165, 1.54) is 6.07 Å². The van der Waals surface area contributed by atoms with Crippen molar-refractivity contribution >= 4 is 17.5 Å². The monoisotopic (exact) mass is 352 g/mol. The third kappa shape index (κ3) is 4.69. The molecule has 26 heavy (non-hydrogen) atoms. The molecule has 0 saturated heterocycles. The van der Waals surface area contributed by atoms with E-state index in [2.05, 4.69) is 20.6 Å². The number of ether oxygens (including phenoxy) is 1. The summed E-state index contributed by atoms with van der Waals surface area (Å²) in [5.41, 5.74) is 2.27. The summed E-state index contributed by atoms with van der Waals surface area (Å²) in [7, 11) is 0. The van der Waals surface area contributed by atoms with Crippen LogP contribution in [0.15, 0.2) is 54.6 Å². The summed E-state index contributed by atoms with van der Waals surface area (Å²) >= 11 is 0. The van der Waals surface area contributed by atoms with Gasteiger partial charge < -0.3 is 15.4 Å². The molecule has 0 spiro atoms. The van der Waals surface area contributed by atoms with Crippen molar-refractivity contribution in [3.8, 4) is 5.75 Å². The lowest BCUT2D eigenvalue weighted by Gasteiger charge is -2.11. The molecule has 6 heteroatoms. The first-order valence-corrected chi connectivity index (χ1v) is 8.47. The van der Waals surface area contributed by atoms with Crippen LogP contribution in [0.25, 0.3) is 0 Å². The fourth-order valence-electron chi connectivity index (χ4n) is 2.48. The molecule has 0 saturated carbocycles. The summed E-state index contributed by atoms with van der Waals surface area (Å²) in [6.45, 7) is 4.79. The largest absolute Gasteiger partial charge is 0.494 e. The number of nitrogens with zero attached hydrogens (tertiary/aromatic N) is 2. The van der Waals surface area contributed by atoms with Gasteiger partial charge in [0, 0.05) is 29.6 Å². The minimum atomic E-state index is -0.250. The lowest BCUT2D eigenvalue weighted by molar-refractivity contribution is 0.340. The maximum Gasteiger partial charge on any atom is 0.225 e. The van der Waals surface area contributed by atoms with Crippen LogP contribution in [-0.4, -0.2) is 16.6 Å². The molecule has 3 rings (SSSR count). The van der Waals surface area contributed by atoms with Crippen molar-refractivity contribution in [3.05, 3.63) is 71.7 Å². The first-order valence-electron chi connectivity index (χ1n) is 8.47. The number of halogens is 1. The van der Waals surface area contributed by atoms with Gasteiger partial charge in [-0.15, -0.1) is 0 Å². The molecule has 1 aromatic heterocycles. The van der Waals surface area contributed by atoms with E-state index >= 15 is 0 Å². The quantitative estimate of drug-likeness (QED) is 0.647. The summed E-state index contributed by atoms with van der Waals surface area (Å²) in [5, 5.41) is 6.32. The van der Waals surface area contributed by atoms with Crippen molar-refractivity contribution in [1.29, 1.82) is 0 Å². The number of nitrogens with one attached hydrogen (secondary N) is 2. The molecule has 0 amide bonds. The summed E-state index contributed by atoms with van der Waals surface area (Å²) < 4.78 is 19.2. The van der Waals surface area contributed by atoms with Crippen molar-refractivity contribution in [2.24, 2.45) is 0 Å². The van der Waals surface area contributed by atoms with E-state index in [1.807, 2.05) is 44.2 Å². The Bertz CT molecular complexity index is 868. The zero-order chi connectivity index (χ0) is 18.4. The zero-order valence-electron chi connectivity index (χ0n) is 14.8. The summed E-state index contributed by atoms with van der Waals surface area (Å²) in [6.07, 6.45) is 0. The van der Waals surface area contributed by atoms with Gasteiger partial charge in [0.2, 0.25) is 5.95 Å². The van der Waals surface area contributed by atoms with Gasteiger partial charge in [-0.3, -0.25) is 0 Å². The van der Waals surface area contributed by atoms with Gasteiger partial charge in [0.05, 0.1) is 6.61 Å². The normalized spacial score (nSPS) is 10.4. The lowest BCUT2D eigenvalue weighted by Crippen LogP contribution is -2.07. The molecular formula is C20H21FN4O. The Labute approximate surface area is 152 Å². The highest BCUT2D eigenvalue weighted by Gasteiger charge is 2.05. The van der Waals surface area contributed by atoms with Crippen LogP contribution >= 0.6 is 0 Å². The average molecular weight is 352 g/mol. The summed E-state index contributed by atoms with van der Waals surface area (Å²) in [4.78, 5) is 8.80. The van der Waals surface area contributed by atoms with Crippen LogP contribution < -0.4 is 15.4 Å². The second kappa shape index (κ2) is 8.29. The number of hydrogen-bond donors (Lipinski definition) is 2. The van der Waals surface area contributed by atoms with E-state index in [0.29, 0.717) is 30.5 Å². The van der Waals surface area contributed by atoms with E-state index in [-0.39, 0.29) is 5.82 Å². The van der Waals surface area contributed by atoms with Crippen LogP contribution in [0, 0.1) is 12.7 Å². The maximum atomic E-state index is 13.7. The Morgan fingerprint density at radius 1 is 1.04 bits per heavy atom. The third-order valence-electron chi connectivity index (χ3n) is 3.69. The molecule has 0 unspecified atom stereocenters. The minimum Gasteiger partial charge on any atom is -0.494 e. The number of aryl methyl sites for hydroxylation is 1. The van der Waals surface area contributed by atoms with E-state index in [9.17, 15) is 4.39 Å². The third-order valence-corrected chi connectivity index (χ3v) is 3.69. The Kier molecular flexibility index (Phi) is 5.63. The van der Waals surface area contributed by atoms with Gasteiger partial charge in [-0.05, 0) is 44.2 Å². The molecular weight excluding hydrogens is 331 g/mol. The van der Waals surface area contributed by atoms with Crippen LogP contribution in [0.4, 0.5) is 21.8 Å². The molecule has 0 bridgehead atoms. The summed E-state index contributed by atoms with van der Waals surface area (Å²) in [5.74, 6) is 1.68. The topological polar surface area (TPSA) is 59.1 Å². The minimum absolute atomic E-state index is 0.250. The Morgan fingerprint density at radius 2 is 1.81 bits per heavy atom. The molecule has 5 nitrogen and oxygen atoms in total. The average Bonchev–Trinajstić information content (AvgIpc) is 2.62. The first-order chi connectivity index (χ1) is 12.6. The smallest absolute Gasteiger partial charge is 0.225 e. The van der Waals surface area contributed by atoms with Gasteiger partial charge in [-0.2, -0.15) is 4.98 Å². The first kappa shape index (κ1) is 17.7. The maximum absolute atomic E-state index is 13.7. The number of benzene rings is 2. The number of rotatable bonds is 7. The molecule has 2 aromatic carbocycles. The second-order valence-corrected chi connectivity index (χ2v) is 5.75. The lowest BCUT2D eigenvalue weighted by atomic mass is 10.2. The number of anilines is 3. The second-order valence-electron chi connectivity index (χ2n) is 5.75. The Morgan fingerprint density at radius 3 is 2.54 bits per heavy atom. The van der Waals surface area contributed by atoms with E-state index in [4.69, 9.17) is 4.74 Å². The van der Waals surface area contributed by atoms with Crippen LogP contribution in [0.2, 0.25) is 0 Å². The molecule has 0 atom stereocenters. The highest BCUT2D eigenvalue weighted by molar-refractivity contribution is 5.58. The molecule has 0 radical (unpaired) electrons. The van der Waals surface area contributed by atoms with Crippen molar-refractivity contribution in [2.45, 2.75) is 20.4 Å². The van der Waals surface area contributed by atoms with Gasteiger partial charge in [0.15, 0.2) is 0 Å². The summed E-state index contributed by atoms with van der Waals surface area (Å²) in [6, 6.07) is 16.1. The Hall–Kier alpha value is -3.15. The molecule has 0 aliphatic heterocycles. The van der Waals surface area contributed by atoms with Crippen molar-refractivity contribution in [3.63, 3.8) is 0 Å². The van der Waals surface area contributed by atoms with Gasteiger partial charge >= 0.3 is 0 Å². The van der Waals surface area contributed by atoms with E-state index in [0.717, 1.165) is 17.1 Å². The van der Waals surface area contributed by atoms with Gasteiger partial charge in [0.25, 0.3) is 0 Å². The molecule has 134 valence electrons. The van der Waals surface area contributed by atoms with Crippen LogP contribution in [0.1, 0.15) is 18.2 Å². The van der Waals surface area contributed by atoms with Crippen LogP contribution in [0.5, 0.6) is 5.75 Å². The van der Waals surface area contributed by atoms with Crippen molar-refractivity contribution in [2.75, 3.05) is 17.2 Å². The van der Waals surface area contributed by atoms with Crippen molar-refractivity contribution in [1.82, 2.24) is 9.97 Å². The predicted octanol–water partition coefficient (Wildman–Crippen LogP) is 4.68. The SMILES string of the molecule is CCOc1ccc(Nc2cc(C)nc(NCc3ccccc3F)n2)cc1. The van der Waals surface area contributed by atoms with Crippen LogP contribution in [-0.2, 0) is 6.54 Å².